The monoisotopic (exact) mass is 365 g/mol. The van der Waals surface area contributed by atoms with Gasteiger partial charge in [0, 0.05) is 12.6 Å². The molecule has 1 fully saturated rings. The Balaban J connectivity index is 1.87. The summed E-state index contributed by atoms with van der Waals surface area (Å²) in [5.74, 6) is -2.78. The molecule has 0 spiro atoms. The fourth-order valence-corrected chi connectivity index (χ4v) is 3.61. The number of rotatable bonds is 10. The van der Waals surface area contributed by atoms with E-state index in [0.29, 0.717) is 13.0 Å². The molecule has 0 aromatic heterocycles. The summed E-state index contributed by atoms with van der Waals surface area (Å²) >= 11 is 0. The number of hydrogen-bond donors (Lipinski definition) is 3. The van der Waals surface area contributed by atoms with Crippen molar-refractivity contribution in [3.8, 4) is 0 Å². The Hall–Kier alpha value is -1.95. The van der Waals surface area contributed by atoms with E-state index in [1.165, 1.54) is 12.5 Å². The number of carboxylic acids is 2. The zero-order valence-electron chi connectivity index (χ0n) is 15.3. The summed E-state index contributed by atoms with van der Waals surface area (Å²) in [7, 11) is 0. The number of nitrogens with one attached hydrogen (secondary N) is 1. The zero-order valence-corrected chi connectivity index (χ0v) is 15.3. The van der Waals surface area contributed by atoms with Gasteiger partial charge in [-0.1, -0.05) is 38.3 Å². The van der Waals surface area contributed by atoms with Crippen LogP contribution < -0.4 is 5.32 Å². The van der Waals surface area contributed by atoms with Crippen LogP contribution in [0.15, 0.2) is 18.2 Å². The molecule has 1 unspecified atom stereocenters. The molecule has 5 nitrogen and oxygen atoms in total. The number of aliphatic carboxylic acids is 2. The number of benzene rings is 1. The van der Waals surface area contributed by atoms with Crippen LogP contribution in [0.4, 0.5) is 4.39 Å². The first-order chi connectivity index (χ1) is 12.4. The molecule has 0 amide bonds. The molecular formula is C20H28FNO4. The minimum Gasteiger partial charge on any atom is -0.480 e. The van der Waals surface area contributed by atoms with Crippen molar-refractivity contribution in [3.63, 3.8) is 0 Å². The van der Waals surface area contributed by atoms with Crippen LogP contribution in [0.1, 0.15) is 63.0 Å². The van der Waals surface area contributed by atoms with E-state index >= 15 is 0 Å². The lowest BCUT2D eigenvalue weighted by Gasteiger charge is -2.19. The Bertz CT molecular complexity index is 633. The first kappa shape index (κ1) is 20.4. The summed E-state index contributed by atoms with van der Waals surface area (Å²) in [5.41, 5.74) is -0.199. The number of hydrogen-bond acceptors (Lipinski definition) is 3. The first-order valence-electron chi connectivity index (χ1n) is 9.36. The molecule has 144 valence electrons. The number of unbranched alkanes of at least 4 members (excludes halogenated alkanes) is 3. The van der Waals surface area contributed by atoms with E-state index < -0.39 is 17.4 Å². The highest BCUT2D eigenvalue weighted by atomic mass is 19.1. The van der Waals surface area contributed by atoms with Gasteiger partial charge in [-0.2, -0.15) is 0 Å². The van der Waals surface area contributed by atoms with Crippen molar-refractivity contribution in [2.45, 2.75) is 70.9 Å². The van der Waals surface area contributed by atoms with Gasteiger partial charge in [0.25, 0.3) is 0 Å². The average molecular weight is 365 g/mol. The molecule has 1 aliphatic carbocycles. The standard InChI is InChI=1S/C20H28FNO4/c1-2-3-4-5-6-15-8-7-14(11-17(15)21)13-22-16-9-10-20(12-16,18(23)24)19(25)26/h7-8,11,16,22H,2-6,9-10,12-13H2,1H3,(H,23,24)(H,25,26). The van der Waals surface area contributed by atoms with Crippen LogP contribution in [0.25, 0.3) is 0 Å². The third-order valence-electron chi connectivity index (χ3n) is 5.35. The quantitative estimate of drug-likeness (QED) is 0.434. The minimum atomic E-state index is -1.70. The van der Waals surface area contributed by atoms with Crippen LogP contribution in [0.3, 0.4) is 0 Å². The highest BCUT2D eigenvalue weighted by Gasteiger charge is 2.51. The fraction of sp³-hybridized carbons (Fsp3) is 0.600. The molecular weight excluding hydrogens is 337 g/mol. The Morgan fingerprint density at radius 1 is 1.23 bits per heavy atom. The molecule has 6 heteroatoms. The van der Waals surface area contributed by atoms with Crippen molar-refractivity contribution >= 4 is 11.9 Å². The Morgan fingerprint density at radius 2 is 1.96 bits per heavy atom. The summed E-state index contributed by atoms with van der Waals surface area (Å²) in [6.07, 6.45) is 5.79. The second-order valence-electron chi connectivity index (χ2n) is 7.25. The second kappa shape index (κ2) is 9.12. The maximum atomic E-state index is 14.2. The van der Waals surface area contributed by atoms with Gasteiger partial charge in [0.2, 0.25) is 0 Å². The zero-order chi connectivity index (χ0) is 19.2. The van der Waals surface area contributed by atoms with Crippen LogP contribution >= 0.6 is 0 Å². The molecule has 3 N–H and O–H groups in total. The van der Waals surface area contributed by atoms with Gasteiger partial charge in [-0.25, -0.2) is 4.39 Å². The highest BCUT2D eigenvalue weighted by molar-refractivity contribution is 5.98. The molecule has 2 rings (SSSR count). The normalized spacial score (nSPS) is 18.8. The molecule has 0 bridgehead atoms. The second-order valence-corrected chi connectivity index (χ2v) is 7.25. The van der Waals surface area contributed by atoms with E-state index in [0.717, 1.165) is 36.8 Å². The van der Waals surface area contributed by atoms with Gasteiger partial charge in [0.15, 0.2) is 5.41 Å². The molecule has 0 heterocycles. The van der Waals surface area contributed by atoms with E-state index in [-0.39, 0.29) is 24.7 Å². The molecule has 0 radical (unpaired) electrons. The predicted octanol–water partition coefficient (Wildman–Crippen LogP) is 3.75. The smallest absolute Gasteiger partial charge is 0.321 e. The van der Waals surface area contributed by atoms with Gasteiger partial charge in [0.1, 0.15) is 5.82 Å². The van der Waals surface area contributed by atoms with Crippen molar-refractivity contribution in [2.75, 3.05) is 0 Å². The van der Waals surface area contributed by atoms with Crippen LogP contribution in [0, 0.1) is 11.2 Å². The van der Waals surface area contributed by atoms with E-state index in [4.69, 9.17) is 0 Å². The van der Waals surface area contributed by atoms with Crippen molar-refractivity contribution in [1.29, 1.82) is 0 Å². The van der Waals surface area contributed by atoms with Crippen molar-refractivity contribution < 1.29 is 24.2 Å². The van der Waals surface area contributed by atoms with Crippen LogP contribution in [0.2, 0.25) is 0 Å². The lowest BCUT2D eigenvalue weighted by molar-refractivity contribution is -0.164. The molecule has 1 saturated carbocycles. The average Bonchev–Trinajstić information content (AvgIpc) is 3.04. The number of halogens is 1. The molecule has 1 aromatic rings. The van der Waals surface area contributed by atoms with Gasteiger partial charge in [-0.3, -0.25) is 9.59 Å². The van der Waals surface area contributed by atoms with Gasteiger partial charge in [-0.15, -0.1) is 0 Å². The van der Waals surface area contributed by atoms with E-state index in [9.17, 15) is 24.2 Å². The van der Waals surface area contributed by atoms with Crippen molar-refractivity contribution in [1.82, 2.24) is 5.32 Å². The summed E-state index contributed by atoms with van der Waals surface area (Å²) in [6.45, 7) is 2.54. The molecule has 1 aliphatic rings. The van der Waals surface area contributed by atoms with E-state index in [1.54, 1.807) is 0 Å². The molecule has 0 saturated heterocycles. The maximum absolute atomic E-state index is 14.2. The lowest BCUT2D eigenvalue weighted by Crippen LogP contribution is -2.39. The molecule has 1 aromatic carbocycles. The van der Waals surface area contributed by atoms with Crippen LogP contribution in [0.5, 0.6) is 0 Å². The first-order valence-corrected chi connectivity index (χ1v) is 9.36. The molecule has 1 atom stereocenters. The Kier molecular flexibility index (Phi) is 7.14. The summed E-state index contributed by atoms with van der Waals surface area (Å²) in [4.78, 5) is 22.7. The highest BCUT2D eigenvalue weighted by Crippen LogP contribution is 2.39. The maximum Gasteiger partial charge on any atom is 0.321 e. The minimum absolute atomic E-state index is 0.0513. The molecule has 26 heavy (non-hydrogen) atoms. The number of carbonyl (C=O) groups is 2. The SMILES string of the molecule is CCCCCCc1ccc(CNC2CCC(C(=O)O)(C(=O)O)C2)cc1F. The summed E-state index contributed by atoms with van der Waals surface area (Å²) < 4.78 is 14.2. The molecule has 0 aliphatic heterocycles. The lowest BCUT2D eigenvalue weighted by atomic mass is 9.86. The van der Waals surface area contributed by atoms with Crippen molar-refractivity contribution in [2.24, 2.45) is 5.41 Å². The largest absolute Gasteiger partial charge is 0.480 e. The third kappa shape index (κ3) is 4.81. The number of aryl methyl sites for hydroxylation is 1. The fourth-order valence-electron chi connectivity index (χ4n) is 3.61. The van der Waals surface area contributed by atoms with Crippen molar-refractivity contribution in [3.05, 3.63) is 35.1 Å². The predicted molar refractivity (Wildman–Crippen MR) is 96.4 cm³/mol. The Morgan fingerprint density at radius 3 is 2.54 bits per heavy atom. The van der Waals surface area contributed by atoms with Crippen LogP contribution in [-0.2, 0) is 22.6 Å². The summed E-state index contributed by atoms with van der Waals surface area (Å²) in [6, 6.07) is 5.01. The van der Waals surface area contributed by atoms with Gasteiger partial charge < -0.3 is 15.5 Å². The Labute approximate surface area is 153 Å². The summed E-state index contributed by atoms with van der Waals surface area (Å²) in [5, 5.41) is 21.7. The van der Waals surface area contributed by atoms with Gasteiger partial charge >= 0.3 is 11.9 Å². The van der Waals surface area contributed by atoms with Gasteiger partial charge in [-0.05, 0) is 49.3 Å². The topological polar surface area (TPSA) is 86.6 Å². The van der Waals surface area contributed by atoms with E-state index in [1.807, 2.05) is 12.1 Å². The van der Waals surface area contributed by atoms with E-state index in [2.05, 4.69) is 12.2 Å². The number of carboxylic acid groups (broad SMARTS) is 2. The van der Waals surface area contributed by atoms with Gasteiger partial charge in [0.05, 0.1) is 0 Å². The van der Waals surface area contributed by atoms with Crippen LogP contribution in [-0.4, -0.2) is 28.2 Å². The third-order valence-corrected chi connectivity index (χ3v) is 5.35.